The first-order valence-electron chi connectivity index (χ1n) is 10.1. The normalized spacial score (nSPS) is 19.1. The standard InChI is InChI=1S/C24H29NO2/c1-4-18(3)23(26)25-16-24(11-13-27-14-12-24)21-15-20(9-10-22(21)25)19-7-5-17(2)6-8-19/h5-10,15,18H,4,11-14,16H2,1-3H3/t18-/m0/s1. The number of ether oxygens (including phenoxy) is 1. The van der Waals surface area contributed by atoms with E-state index in [0.29, 0.717) is 0 Å². The second-order valence-electron chi connectivity index (χ2n) is 8.22. The van der Waals surface area contributed by atoms with Crippen LogP contribution >= 0.6 is 0 Å². The van der Waals surface area contributed by atoms with Crippen molar-refractivity contribution in [3.63, 3.8) is 0 Å². The molecule has 4 rings (SSSR count). The van der Waals surface area contributed by atoms with Gasteiger partial charge in [-0.2, -0.15) is 0 Å². The van der Waals surface area contributed by atoms with Crippen LogP contribution in [-0.2, 0) is 14.9 Å². The molecule has 1 atom stereocenters. The molecule has 3 heteroatoms. The number of nitrogens with zero attached hydrogens (tertiary/aromatic N) is 1. The molecule has 1 spiro atoms. The zero-order valence-electron chi connectivity index (χ0n) is 16.6. The number of benzene rings is 2. The highest BCUT2D eigenvalue weighted by atomic mass is 16.5. The van der Waals surface area contributed by atoms with Crippen molar-refractivity contribution < 1.29 is 9.53 Å². The molecule has 0 aliphatic carbocycles. The Morgan fingerprint density at radius 1 is 1.11 bits per heavy atom. The van der Waals surface area contributed by atoms with E-state index in [1.807, 2.05) is 11.8 Å². The Kier molecular flexibility index (Phi) is 4.81. The van der Waals surface area contributed by atoms with Crippen molar-refractivity contribution in [1.82, 2.24) is 0 Å². The zero-order chi connectivity index (χ0) is 19.0. The van der Waals surface area contributed by atoms with E-state index >= 15 is 0 Å². The predicted octanol–water partition coefficient (Wildman–Crippen LogP) is 5.10. The lowest BCUT2D eigenvalue weighted by molar-refractivity contribution is -0.122. The number of aryl methyl sites for hydroxylation is 1. The number of hydrogen-bond donors (Lipinski definition) is 0. The predicted molar refractivity (Wildman–Crippen MR) is 110 cm³/mol. The minimum Gasteiger partial charge on any atom is -0.381 e. The molecule has 2 heterocycles. The summed E-state index contributed by atoms with van der Waals surface area (Å²) in [6.45, 7) is 8.59. The van der Waals surface area contributed by atoms with E-state index in [1.165, 1.54) is 22.3 Å². The average Bonchev–Trinajstić information content (AvgIpc) is 3.01. The Labute approximate surface area is 162 Å². The third-order valence-electron chi connectivity index (χ3n) is 6.45. The second kappa shape index (κ2) is 7.12. The summed E-state index contributed by atoms with van der Waals surface area (Å²) in [7, 11) is 0. The lowest BCUT2D eigenvalue weighted by Crippen LogP contribution is -2.42. The Bertz CT molecular complexity index is 834. The van der Waals surface area contributed by atoms with E-state index in [-0.39, 0.29) is 17.2 Å². The summed E-state index contributed by atoms with van der Waals surface area (Å²) in [6.07, 6.45) is 2.85. The van der Waals surface area contributed by atoms with E-state index in [0.717, 1.165) is 44.7 Å². The van der Waals surface area contributed by atoms with Crippen LogP contribution in [0.4, 0.5) is 5.69 Å². The smallest absolute Gasteiger partial charge is 0.229 e. The van der Waals surface area contributed by atoms with Crippen molar-refractivity contribution in [3.8, 4) is 11.1 Å². The molecule has 1 amide bonds. The minimum atomic E-state index is 0.0391. The second-order valence-corrected chi connectivity index (χ2v) is 8.22. The molecule has 0 radical (unpaired) electrons. The summed E-state index contributed by atoms with van der Waals surface area (Å²) in [4.78, 5) is 15.1. The lowest BCUT2D eigenvalue weighted by atomic mass is 9.75. The number of rotatable bonds is 3. The minimum absolute atomic E-state index is 0.0391. The third kappa shape index (κ3) is 3.19. The van der Waals surface area contributed by atoms with Crippen molar-refractivity contribution in [3.05, 3.63) is 53.6 Å². The third-order valence-corrected chi connectivity index (χ3v) is 6.45. The van der Waals surface area contributed by atoms with Crippen LogP contribution in [0.5, 0.6) is 0 Å². The van der Waals surface area contributed by atoms with Gasteiger partial charge in [-0.1, -0.05) is 49.7 Å². The molecule has 0 N–H and O–H groups in total. The van der Waals surface area contributed by atoms with Crippen molar-refractivity contribution >= 4 is 11.6 Å². The summed E-state index contributed by atoms with van der Waals surface area (Å²) >= 11 is 0. The van der Waals surface area contributed by atoms with E-state index in [4.69, 9.17) is 4.74 Å². The molecule has 3 nitrogen and oxygen atoms in total. The number of amides is 1. The summed E-state index contributed by atoms with van der Waals surface area (Å²) < 4.78 is 5.66. The van der Waals surface area contributed by atoms with E-state index < -0.39 is 0 Å². The maximum Gasteiger partial charge on any atom is 0.229 e. The van der Waals surface area contributed by atoms with E-state index in [1.54, 1.807) is 0 Å². The number of carbonyl (C=O) groups is 1. The van der Waals surface area contributed by atoms with Crippen LogP contribution in [0, 0.1) is 12.8 Å². The molecule has 0 bridgehead atoms. The van der Waals surface area contributed by atoms with Gasteiger partial charge in [-0.05, 0) is 55.0 Å². The maximum atomic E-state index is 13.1. The van der Waals surface area contributed by atoms with Crippen LogP contribution < -0.4 is 4.90 Å². The lowest BCUT2D eigenvalue weighted by Gasteiger charge is -2.34. The zero-order valence-corrected chi connectivity index (χ0v) is 16.6. The summed E-state index contributed by atoms with van der Waals surface area (Å²) in [5.41, 5.74) is 6.22. The Hall–Kier alpha value is -2.13. The largest absolute Gasteiger partial charge is 0.381 e. The van der Waals surface area contributed by atoms with Gasteiger partial charge in [-0.25, -0.2) is 0 Å². The first-order chi connectivity index (χ1) is 13.0. The van der Waals surface area contributed by atoms with Gasteiger partial charge in [-0.3, -0.25) is 4.79 Å². The van der Waals surface area contributed by atoms with E-state index in [2.05, 4.69) is 56.3 Å². The van der Waals surface area contributed by atoms with Crippen molar-refractivity contribution in [2.75, 3.05) is 24.7 Å². The highest BCUT2D eigenvalue weighted by molar-refractivity contribution is 5.98. The molecule has 27 heavy (non-hydrogen) atoms. The van der Waals surface area contributed by atoms with Gasteiger partial charge in [-0.15, -0.1) is 0 Å². The Morgan fingerprint density at radius 2 is 1.78 bits per heavy atom. The fourth-order valence-corrected chi connectivity index (χ4v) is 4.42. The van der Waals surface area contributed by atoms with Gasteiger partial charge in [0.05, 0.1) is 0 Å². The average molecular weight is 364 g/mol. The quantitative estimate of drug-likeness (QED) is 0.759. The van der Waals surface area contributed by atoms with Crippen molar-refractivity contribution in [2.45, 2.75) is 45.4 Å². The van der Waals surface area contributed by atoms with Gasteiger partial charge in [0.25, 0.3) is 0 Å². The highest BCUT2D eigenvalue weighted by Crippen LogP contribution is 2.48. The molecule has 142 valence electrons. The van der Waals surface area contributed by atoms with Crippen molar-refractivity contribution in [2.24, 2.45) is 5.92 Å². The van der Waals surface area contributed by atoms with E-state index in [9.17, 15) is 4.79 Å². The molecule has 0 aromatic heterocycles. The SMILES string of the molecule is CC[C@H](C)C(=O)N1CC2(CCOCC2)c2cc(-c3ccc(C)cc3)ccc21. The molecule has 0 saturated carbocycles. The fraction of sp³-hybridized carbons (Fsp3) is 0.458. The van der Waals surface area contributed by atoms with Crippen LogP contribution in [-0.4, -0.2) is 25.7 Å². The number of fused-ring (bicyclic) bond motifs is 2. The van der Waals surface area contributed by atoms with Crippen LogP contribution in [0.2, 0.25) is 0 Å². The van der Waals surface area contributed by atoms with Crippen LogP contribution in [0.1, 0.15) is 44.2 Å². The molecule has 2 aromatic carbocycles. The summed E-state index contributed by atoms with van der Waals surface area (Å²) in [5.74, 6) is 0.315. The van der Waals surface area contributed by atoms with Crippen LogP contribution in [0.25, 0.3) is 11.1 Å². The first kappa shape index (κ1) is 18.2. The summed E-state index contributed by atoms with van der Waals surface area (Å²) in [6, 6.07) is 15.3. The number of anilines is 1. The molecule has 2 aliphatic heterocycles. The summed E-state index contributed by atoms with van der Waals surface area (Å²) in [5, 5.41) is 0. The molecule has 2 aliphatic rings. The molecule has 0 unspecified atom stereocenters. The highest BCUT2D eigenvalue weighted by Gasteiger charge is 2.46. The molecular weight excluding hydrogens is 334 g/mol. The molecular formula is C24H29NO2. The number of hydrogen-bond acceptors (Lipinski definition) is 2. The molecule has 1 fully saturated rings. The van der Waals surface area contributed by atoms with Gasteiger partial charge in [0, 0.05) is 36.8 Å². The van der Waals surface area contributed by atoms with Crippen LogP contribution in [0.15, 0.2) is 42.5 Å². The van der Waals surface area contributed by atoms with Crippen molar-refractivity contribution in [1.29, 1.82) is 0 Å². The van der Waals surface area contributed by atoms with Gasteiger partial charge >= 0.3 is 0 Å². The van der Waals surface area contributed by atoms with Gasteiger partial charge in [0.2, 0.25) is 5.91 Å². The van der Waals surface area contributed by atoms with Gasteiger partial charge in [0.1, 0.15) is 0 Å². The molecule has 1 saturated heterocycles. The van der Waals surface area contributed by atoms with Gasteiger partial charge in [0.15, 0.2) is 0 Å². The van der Waals surface area contributed by atoms with Gasteiger partial charge < -0.3 is 9.64 Å². The Morgan fingerprint density at radius 3 is 2.44 bits per heavy atom. The molecule has 2 aromatic rings. The Balaban J connectivity index is 1.78. The van der Waals surface area contributed by atoms with Crippen LogP contribution in [0.3, 0.4) is 0 Å². The topological polar surface area (TPSA) is 29.5 Å². The number of carbonyl (C=O) groups excluding carboxylic acids is 1. The fourth-order valence-electron chi connectivity index (χ4n) is 4.42. The first-order valence-corrected chi connectivity index (χ1v) is 10.1. The monoisotopic (exact) mass is 363 g/mol. The maximum absolute atomic E-state index is 13.1.